The van der Waals surface area contributed by atoms with Gasteiger partial charge in [-0.1, -0.05) is 36.4 Å². The Bertz CT molecular complexity index is 1770. The molecule has 0 spiro atoms. The number of H-pyrrole nitrogens is 2. The lowest BCUT2D eigenvalue weighted by atomic mass is 10.0. The minimum atomic E-state index is -0.892. The summed E-state index contributed by atoms with van der Waals surface area (Å²) in [6, 6.07) is 13.7. The fourth-order valence-corrected chi connectivity index (χ4v) is 6.00. The molecule has 14 heteroatoms. The van der Waals surface area contributed by atoms with Crippen LogP contribution in [0.25, 0.3) is 21.8 Å². The Morgan fingerprint density at radius 3 is 1.41 bits per heavy atom. The number of aromatic amines is 2. The zero-order valence-corrected chi connectivity index (χ0v) is 32.4. The van der Waals surface area contributed by atoms with Crippen LogP contribution in [0, 0.1) is 0 Å². The number of rotatable bonds is 16. The van der Waals surface area contributed by atoms with Crippen LogP contribution in [0.4, 0.5) is 9.59 Å². The van der Waals surface area contributed by atoms with Crippen LogP contribution in [0.15, 0.2) is 60.9 Å². The van der Waals surface area contributed by atoms with Crippen molar-refractivity contribution in [2.75, 3.05) is 26.2 Å². The summed E-state index contributed by atoms with van der Waals surface area (Å²) in [5.74, 6) is -0.879. The first-order valence-corrected chi connectivity index (χ1v) is 18.4. The van der Waals surface area contributed by atoms with Gasteiger partial charge in [0.1, 0.15) is 23.3 Å². The van der Waals surface area contributed by atoms with Gasteiger partial charge >= 0.3 is 12.2 Å². The van der Waals surface area contributed by atoms with Gasteiger partial charge in [-0.15, -0.1) is 0 Å². The quantitative estimate of drug-likeness (QED) is 0.0863. The number of nitrogens with one attached hydrogen (secondary N) is 6. The van der Waals surface area contributed by atoms with Crippen LogP contribution >= 0.6 is 0 Å². The molecule has 0 saturated heterocycles. The highest BCUT2D eigenvalue weighted by atomic mass is 16.6. The van der Waals surface area contributed by atoms with E-state index in [4.69, 9.17) is 9.47 Å². The molecule has 6 N–H and O–H groups in total. The summed E-state index contributed by atoms with van der Waals surface area (Å²) in [5.41, 5.74) is 2.14. The Morgan fingerprint density at radius 2 is 1.04 bits per heavy atom. The molecular weight excluding hydrogens is 690 g/mol. The Kier molecular flexibility index (Phi) is 14.1. The number of hydrogen-bond donors (Lipinski definition) is 6. The summed E-state index contributed by atoms with van der Waals surface area (Å²) >= 11 is 0. The van der Waals surface area contributed by atoms with Gasteiger partial charge < -0.3 is 45.6 Å². The molecule has 4 aromatic rings. The number of aromatic nitrogens is 2. The summed E-state index contributed by atoms with van der Waals surface area (Å²) in [6.45, 7) is 13.3. The lowest BCUT2D eigenvalue weighted by Crippen LogP contribution is -2.50. The van der Waals surface area contributed by atoms with E-state index in [0.717, 1.165) is 32.9 Å². The topological polar surface area (TPSA) is 187 Å². The largest absolute Gasteiger partial charge is 0.444 e. The van der Waals surface area contributed by atoms with Crippen molar-refractivity contribution in [3.05, 3.63) is 72.1 Å². The minimum Gasteiger partial charge on any atom is -0.444 e. The second kappa shape index (κ2) is 18.5. The maximum absolute atomic E-state index is 13.4. The van der Waals surface area contributed by atoms with Crippen LogP contribution in [0.1, 0.15) is 72.4 Å². The smallest absolute Gasteiger partial charge is 0.408 e. The normalized spacial score (nSPS) is 12.8. The molecule has 0 aliphatic rings. The summed E-state index contributed by atoms with van der Waals surface area (Å²) < 4.78 is 10.8. The highest BCUT2D eigenvalue weighted by Gasteiger charge is 2.27. The number of benzene rings is 2. The summed E-state index contributed by atoms with van der Waals surface area (Å²) in [5, 5.41) is 13.1. The van der Waals surface area contributed by atoms with E-state index in [1.807, 2.05) is 60.9 Å². The van der Waals surface area contributed by atoms with Crippen molar-refractivity contribution in [1.82, 2.24) is 36.1 Å². The number of fused-ring (bicyclic) bond motifs is 2. The van der Waals surface area contributed by atoms with Crippen LogP contribution in [-0.2, 0) is 36.7 Å². The number of alkyl carbamates (subject to hydrolysis) is 2. The number of amides is 5. The molecule has 0 unspecified atom stereocenters. The van der Waals surface area contributed by atoms with Gasteiger partial charge in [0.05, 0.1) is 0 Å². The predicted molar refractivity (Wildman–Crippen MR) is 208 cm³/mol. The van der Waals surface area contributed by atoms with Crippen molar-refractivity contribution in [2.24, 2.45) is 0 Å². The monoisotopic (exact) mass is 745 g/mol. The Morgan fingerprint density at radius 1 is 0.648 bits per heavy atom. The molecule has 0 saturated carbocycles. The molecule has 54 heavy (non-hydrogen) atoms. The van der Waals surface area contributed by atoms with Crippen LogP contribution in [0.3, 0.4) is 0 Å². The molecule has 14 nitrogen and oxygen atoms in total. The number of nitrogens with zero attached hydrogens (tertiary/aromatic N) is 1. The highest BCUT2D eigenvalue weighted by Crippen LogP contribution is 2.21. The molecule has 0 aliphatic heterocycles. The average molecular weight is 746 g/mol. The van der Waals surface area contributed by atoms with E-state index in [1.54, 1.807) is 46.4 Å². The second-order valence-corrected chi connectivity index (χ2v) is 15.3. The summed E-state index contributed by atoms with van der Waals surface area (Å²) in [6.07, 6.45) is 3.70. The molecule has 292 valence electrons. The van der Waals surface area contributed by atoms with Crippen LogP contribution in [0.2, 0.25) is 0 Å². The Labute approximate surface area is 316 Å². The van der Waals surface area contributed by atoms with E-state index in [2.05, 4.69) is 31.2 Å². The van der Waals surface area contributed by atoms with Gasteiger partial charge in [-0.2, -0.15) is 0 Å². The average Bonchev–Trinajstić information content (AvgIpc) is 3.68. The van der Waals surface area contributed by atoms with Crippen molar-refractivity contribution in [3.63, 3.8) is 0 Å². The van der Waals surface area contributed by atoms with Crippen molar-refractivity contribution >= 4 is 51.7 Å². The van der Waals surface area contributed by atoms with Gasteiger partial charge in [0.15, 0.2) is 0 Å². The van der Waals surface area contributed by atoms with E-state index in [1.165, 1.54) is 6.92 Å². The fourth-order valence-electron chi connectivity index (χ4n) is 6.00. The summed E-state index contributed by atoms with van der Waals surface area (Å²) in [7, 11) is 0. The van der Waals surface area contributed by atoms with Gasteiger partial charge in [0.2, 0.25) is 17.7 Å². The standard InChI is InChI=1S/C40H55N7O7/c1-26(48)47(20-12-18-41-35(49)33(45-37(51)53-39(2,3)4)22-27-24-43-31-16-10-8-14-29(27)31)21-13-19-42-36(50)34(46-38(52)54-40(5,6)7)23-28-25-44-32-17-11-9-15-30(28)32/h8-11,14-17,24-25,33-34,43-44H,12-13,18-23H2,1-7H3,(H,41,49)(H,42,50)(H,45,51)(H,46,52)/t33-,34-/m0/s1. The fraction of sp³-hybridized carbons (Fsp3) is 0.475. The Hall–Kier alpha value is -5.53. The lowest BCUT2D eigenvalue weighted by molar-refractivity contribution is -0.128. The predicted octanol–water partition coefficient (Wildman–Crippen LogP) is 5.08. The maximum atomic E-state index is 13.4. The van der Waals surface area contributed by atoms with E-state index in [-0.39, 0.29) is 43.7 Å². The maximum Gasteiger partial charge on any atom is 0.408 e. The molecule has 2 atom stereocenters. The number of hydrogen-bond acceptors (Lipinski definition) is 7. The van der Waals surface area contributed by atoms with E-state index in [0.29, 0.717) is 25.9 Å². The third-order valence-corrected chi connectivity index (χ3v) is 8.47. The number of carbonyl (C=O) groups is 5. The molecule has 4 rings (SSSR count). The third kappa shape index (κ3) is 12.8. The molecule has 0 aliphatic carbocycles. The second-order valence-electron chi connectivity index (χ2n) is 15.3. The Balaban J connectivity index is 1.28. The minimum absolute atomic E-state index is 0.139. The van der Waals surface area contributed by atoms with E-state index < -0.39 is 35.5 Å². The molecule has 2 aromatic heterocycles. The molecule has 0 radical (unpaired) electrons. The van der Waals surface area contributed by atoms with E-state index >= 15 is 0 Å². The van der Waals surface area contributed by atoms with Crippen LogP contribution in [-0.4, -0.2) is 94.2 Å². The van der Waals surface area contributed by atoms with Gasteiger partial charge in [0.25, 0.3) is 0 Å². The van der Waals surface area contributed by atoms with Crippen molar-refractivity contribution < 1.29 is 33.4 Å². The molecule has 0 bridgehead atoms. The number of para-hydroxylation sites is 2. The lowest BCUT2D eigenvalue weighted by Gasteiger charge is -2.24. The first kappa shape index (κ1) is 41.2. The van der Waals surface area contributed by atoms with Crippen molar-refractivity contribution in [3.8, 4) is 0 Å². The van der Waals surface area contributed by atoms with Crippen LogP contribution < -0.4 is 21.3 Å². The molecule has 2 aromatic carbocycles. The highest BCUT2D eigenvalue weighted by molar-refractivity contribution is 5.89. The first-order valence-electron chi connectivity index (χ1n) is 18.4. The van der Waals surface area contributed by atoms with Crippen LogP contribution in [0.5, 0.6) is 0 Å². The van der Waals surface area contributed by atoms with Gasteiger partial charge in [-0.3, -0.25) is 14.4 Å². The zero-order valence-electron chi connectivity index (χ0n) is 32.4. The van der Waals surface area contributed by atoms with E-state index in [9.17, 15) is 24.0 Å². The van der Waals surface area contributed by atoms with Crippen molar-refractivity contribution in [1.29, 1.82) is 0 Å². The van der Waals surface area contributed by atoms with Gasteiger partial charge in [-0.05, 0) is 77.6 Å². The first-order chi connectivity index (χ1) is 25.5. The SMILES string of the molecule is CC(=O)N(CCCNC(=O)[C@H](Cc1c[nH]c2ccccc12)NC(=O)OC(C)(C)C)CCCNC(=O)[C@H](Cc1c[nH]c2ccccc12)NC(=O)OC(C)(C)C. The van der Waals surface area contributed by atoms with Gasteiger partial charge in [-0.25, -0.2) is 9.59 Å². The molecule has 0 fully saturated rings. The summed E-state index contributed by atoms with van der Waals surface area (Å²) in [4.78, 5) is 72.6. The molecular formula is C40H55N7O7. The molecule has 5 amide bonds. The zero-order chi connectivity index (χ0) is 39.5. The number of ether oxygens (including phenoxy) is 2. The third-order valence-electron chi connectivity index (χ3n) is 8.47. The van der Waals surface area contributed by atoms with Gasteiger partial charge in [0, 0.05) is 80.1 Å². The van der Waals surface area contributed by atoms with Crippen molar-refractivity contribution in [2.45, 2.75) is 97.4 Å². The molecule has 2 heterocycles. The number of carbonyl (C=O) groups excluding carboxylic acids is 5.